The van der Waals surface area contributed by atoms with Crippen LogP contribution in [0.25, 0.3) is 0 Å². The average molecular weight is 365 g/mol. The average Bonchev–Trinajstić information content (AvgIpc) is 2.61. The molecule has 132 valence electrons. The molecule has 1 unspecified atom stereocenters. The first-order valence-corrected chi connectivity index (χ1v) is 8.48. The maximum absolute atomic E-state index is 13.9. The Hall–Kier alpha value is -2.41. The molecule has 1 aliphatic rings. The molecule has 0 aliphatic carbocycles. The number of hydrogen-bond donors (Lipinski definition) is 1. The zero-order valence-corrected chi connectivity index (χ0v) is 14.7. The summed E-state index contributed by atoms with van der Waals surface area (Å²) < 4.78 is 19.0. The van der Waals surface area contributed by atoms with Gasteiger partial charge in [-0.15, -0.1) is 11.6 Å². The van der Waals surface area contributed by atoms with Gasteiger partial charge in [0.1, 0.15) is 18.2 Å². The second kappa shape index (κ2) is 7.23. The summed E-state index contributed by atoms with van der Waals surface area (Å²) in [7, 11) is 0. The standard InChI is InChI=1S/C17H18ClFN4O2/c1-3-23-15-13(9-25-17(23)24)8-20-16(22-15)21-10(2)11-4-5-12(7-18)14(19)6-11/h4-6,8,10H,3,7,9H2,1-2H3,(H,20,21,22). The number of aromatic nitrogens is 2. The Bertz CT molecular complexity index is 802. The summed E-state index contributed by atoms with van der Waals surface area (Å²) >= 11 is 5.68. The van der Waals surface area contributed by atoms with Crippen molar-refractivity contribution in [1.82, 2.24) is 9.97 Å². The van der Waals surface area contributed by atoms with Gasteiger partial charge in [0.25, 0.3) is 0 Å². The Morgan fingerprint density at radius 2 is 2.28 bits per heavy atom. The van der Waals surface area contributed by atoms with E-state index in [9.17, 15) is 9.18 Å². The van der Waals surface area contributed by atoms with E-state index in [0.717, 1.165) is 11.1 Å². The third-order valence-electron chi connectivity index (χ3n) is 4.05. The first-order valence-electron chi connectivity index (χ1n) is 7.94. The van der Waals surface area contributed by atoms with Crippen molar-refractivity contribution in [1.29, 1.82) is 0 Å². The van der Waals surface area contributed by atoms with Crippen LogP contribution >= 0.6 is 11.6 Å². The molecule has 1 atom stereocenters. The molecule has 8 heteroatoms. The second-order valence-electron chi connectivity index (χ2n) is 5.69. The quantitative estimate of drug-likeness (QED) is 0.812. The van der Waals surface area contributed by atoms with Gasteiger partial charge in [-0.2, -0.15) is 4.98 Å². The zero-order chi connectivity index (χ0) is 18.0. The number of nitrogens with one attached hydrogen (secondary N) is 1. The highest BCUT2D eigenvalue weighted by atomic mass is 35.5. The molecule has 1 aromatic heterocycles. The van der Waals surface area contributed by atoms with Crippen LogP contribution in [-0.2, 0) is 17.2 Å². The van der Waals surface area contributed by atoms with Crippen LogP contribution in [0.4, 0.5) is 21.0 Å². The fourth-order valence-electron chi connectivity index (χ4n) is 2.60. The lowest BCUT2D eigenvalue weighted by molar-refractivity contribution is 0.141. The summed E-state index contributed by atoms with van der Waals surface area (Å²) in [4.78, 5) is 21.9. The molecular weight excluding hydrogens is 347 g/mol. The van der Waals surface area contributed by atoms with Crippen molar-refractivity contribution < 1.29 is 13.9 Å². The fraction of sp³-hybridized carbons (Fsp3) is 0.353. The molecule has 3 rings (SSSR count). The van der Waals surface area contributed by atoms with E-state index >= 15 is 0 Å². The molecule has 25 heavy (non-hydrogen) atoms. The number of nitrogens with zero attached hydrogens (tertiary/aromatic N) is 3. The van der Waals surface area contributed by atoms with Crippen LogP contribution in [0.5, 0.6) is 0 Å². The van der Waals surface area contributed by atoms with Gasteiger partial charge < -0.3 is 10.1 Å². The van der Waals surface area contributed by atoms with E-state index in [0.29, 0.717) is 23.9 Å². The Balaban J connectivity index is 1.82. The van der Waals surface area contributed by atoms with Gasteiger partial charge >= 0.3 is 6.09 Å². The van der Waals surface area contributed by atoms with Crippen LogP contribution in [0.15, 0.2) is 24.4 Å². The fourth-order valence-corrected chi connectivity index (χ4v) is 2.82. The Labute approximate surface area is 150 Å². The number of cyclic esters (lactones) is 1. The van der Waals surface area contributed by atoms with Gasteiger partial charge in [-0.25, -0.2) is 14.2 Å². The van der Waals surface area contributed by atoms with Gasteiger partial charge in [0.15, 0.2) is 0 Å². The normalized spacial score (nSPS) is 14.7. The molecule has 0 spiro atoms. The number of benzene rings is 1. The van der Waals surface area contributed by atoms with E-state index in [2.05, 4.69) is 15.3 Å². The summed E-state index contributed by atoms with van der Waals surface area (Å²) in [6, 6.07) is 4.71. The van der Waals surface area contributed by atoms with Gasteiger partial charge in [-0.3, -0.25) is 4.90 Å². The summed E-state index contributed by atoms with van der Waals surface area (Å²) in [5.74, 6) is 0.686. The van der Waals surface area contributed by atoms with Gasteiger partial charge in [0, 0.05) is 18.3 Å². The molecule has 2 aromatic rings. The number of carbonyl (C=O) groups is 1. The van der Waals surface area contributed by atoms with E-state index in [1.54, 1.807) is 12.3 Å². The molecule has 0 radical (unpaired) electrons. The maximum Gasteiger partial charge on any atom is 0.415 e. The van der Waals surface area contributed by atoms with E-state index < -0.39 is 6.09 Å². The lowest BCUT2D eigenvalue weighted by atomic mass is 10.1. The summed E-state index contributed by atoms with van der Waals surface area (Å²) in [5, 5.41) is 3.13. The first-order chi connectivity index (χ1) is 12.0. The Morgan fingerprint density at radius 3 is 2.96 bits per heavy atom. The van der Waals surface area contributed by atoms with E-state index in [-0.39, 0.29) is 24.3 Å². The summed E-state index contributed by atoms with van der Waals surface area (Å²) in [5.41, 5.74) is 1.95. The molecule has 2 heterocycles. The third kappa shape index (κ3) is 3.51. The zero-order valence-electron chi connectivity index (χ0n) is 13.9. The van der Waals surface area contributed by atoms with Gasteiger partial charge in [-0.1, -0.05) is 12.1 Å². The van der Waals surface area contributed by atoms with Crippen LogP contribution in [0, 0.1) is 5.82 Å². The largest absolute Gasteiger partial charge is 0.444 e. The molecule has 1 N–H and O–H groups in total. The molecular formula is C17H18ClFN4O2. The molecule has 0 saturated heterocycles. The number of fused-ring (bicyclic) bond motifs is 1. The van der Waals surface area contributed by atoms with Crippen LogP contribution in [0.2, 0.25) is 0 Å². The second-order valence-corrected chi connectivity index (χ2v) is 5.96. The lowest BCUT2D eigenvalue weighted by Crippen LogP contribution is -2.36. The predicted octanol–water partition coefficient (Wildman–Crippen LogP) is 4.00. The molecule has 0 saturated carbocycles. The molecule has 0 bridgehead atoms. The predicted molar refractivity (Wildman–Crippen MR) is 93.2 cm³/mol. The number of halogens is 2. The summed E-state index contributed by atoms with van der Waals surface area (Å²) in [6.07, 6.45) is 1.20. The van der Waals surface area contributed by atoms with Gasteiger partial charge in [-0.05, 0) is 25.5 Å². The van der Waals surface area contributed by atoms with E-state index in [1.165, 1.54) is 11.0 Å². The first kappa shape index (κ1) is 17.4. The third-order valence-corrected chi connectivity index (χ3v) is 4.34. The minimum absolute atomic E-state index is 0.130. The Kier molecular flexibility index (Phi) is 5.03. The molecule has 1 amide bonds. The highest BCUT2D eigenvalue weighted by molar-refractivity contribution is 6.17. The van der Waals surface area contributed by atoms with Gasteiger partial charge in [0.05, 0.1) is 17.5 Å². The number of carbonyl (C=O) groups excluding carboxylic acids is 1. The monoisotopic (exact) mass is 364 g/mol. The van der Waals surface area contributed by atoms with Crippen molar-refractivity contribution in [3.63, 3.8) is 0 Å². The number of hydrogen-bond acceptors (Lipinski definition) is 5. The van der Waals surface area contributed by atoms with Crippen LogP contribution < -0.4 is 10.2 Å². The van der Waals surface area contributed by atoms with Crippen molar-refractivity contribution in [3.8, 4) is 0 Å². The highest BCUT2D eigenvalue weighted by Crippen LogP contribution is 2.27. The molecule has 1 aromatic carbocycles. The minimum Gasteiger partial charge on any atom is -0.444 e. The summed E-state index contributed by atoms with van der Waals surface area (Å²) in [6.45, 7) is 4.33. The molecule has 0 fully saturated rings. The number of alkyl halides is 1. The minimum atomic E-state index is -0.425. The lowest BCUT2D eigenvalue weighted by Gasteiger charge is -2.27. The van der Waals surface area contributed by atoms with Crippen LogP contribution in [0.3, 0.4) is 0 Å². The number of amides is 1. The topological polar surface area (TPSA) is 67.4 Å². The number of ether oxygens (including phenoxy) is 1. The van der Waals surface area contributed by atoms with Crippen molar-refractivity contribution >= 4 is 29.5 Å². The number of anilines is 2. The van der Waals surface area contributed by atoms with E-state index in [4.69, 9.17) is 16.3 Å². The highest BCUT2D eigenvalue weighted by Gasteiger charge is 2.26. The number of rotatable bonds is 5. The smallest absolute Gasteiger partial charge is 0.415 e. The SMILES string of the molecule is CCN1C(=O)OCc2cnc(NC(C)c3ccc(CCl)c(F)c3)nc21. The van der Waals surface area contributed by atoms with Gasteiger partial charge in [0.2, 0.25) is 5.95 Å². The van der Waals surface area contributed by atoms with Crippen LogP contribution in [0.1, 0.15) is 36.6 Å². The van der Waals surface area contributed by atoms with Crippen molar-refractivity contribution in [2.75, 3.05) is 16.8 Å². The van der Waals surface area contributed by atoms with Crippen molar-refractivity contribution in [3.05, 3.63) is 46.9 Å². The molecule has 6 nitrogen and oxygen atoms in total. The van der Waals surface area contributed by atoms with Crippen LogP contribution in [-0.4, -0.2) is 22.6 Å². The Morgan fingerprint density at radius 1 is 1.48 bits per heavy atom. The maximum atomic E-state index is 13.9. The molecule has 1 aliphatic heterocycles. The van der Waals surface area contributed by atoms with Crippen molar-refractivity contribution in [2.45, 2.75) is 32.4 Å². The van der Waals surface area contributed by atoms with Crippen molar-refractivity contribution in [2.24, 2.45) is 0 Å². The van der Waals surface area contributed by atoms with E-state index in [1.807, 2.05) is 19.9 Å².